The molecule has 3 N–H and O–H groups in total. The number of aliphatic hydroxyl groups excluding tert-OH is 1. The zero-order valence-electron chi connectivity index (χ0n) is 13.3. The maximum Gasteiger partial charge on any atom is 0.230 e. The Morgan fingerprint density at radius 3 is 3.04 bits per heavy atom. The number of aromatic nitrogens is 2. The monoisotopic (exact) mass is 333 g/mol. The zero-order valence-corrected chi connectivity index (χ0v) is 14.1. The number of aliphatic hydroxyl groups is 1. The van der Waals surface area contributed by atoms with E-state index in [1.165, 1.54) is 0 Å². The molecule has 0 radical (unpaired) electrons. The smallest absolute Gasteiger partial charge is 0.230 e. The summed E-state index contributed by atoms with van der Waals surface area (Å²) in [7, 11) is 0. The molecule has 1 fully saturated rings. The lowest BCUT2D eigenvalue weighted by Gasteiger charge is -2.15. The van der Waals surface area contributed by atoms with Crippen LogP contribution < -0.4 is 5.32 Å². The number of para-hydroxylation sites is 2. The Morgan fingerprint density at radius 1 is 1.48 bits per heavy atom. The van der Waals surface area contributed by atoms with Crippen LogP contribution in [0.3, 0.4) is 0 Å². The number of hydrogen-bond donors (Lipinski definition) is 3. The van der Waals surface area contributed by atoms with Crippen molar-refractivity contribution in [3.63, 3.8) is 0 Å². The highest BCUT2D eigenvalue weighted by Crippen LogP contribution is 2.28. The summed E-state index contributed by atoms with van der Waals surface area (Å²) in [6, 6.07) is 7.93. The third kappa shape index (κ3) is 4.06. The Labute approximate surface area is 140 Å². The fourth-order valence-corrected chi connectivity index (χ4v) is 3.77. The fourth-order valence-electron chi connectivity index (χ4n) is 3.00. The number of fused-ring (bicyclic) bond motifs is 1. The highest BCUT2D eigenvalue weighted by molar-refractivity contribution is 8.00. The SMILES string of the molecule is CC(SCC(=O)NCC1CCCC1O)c1nc2ccccc2[nH]1. The van der Waals surface area contributed by atoms with Gasteiger partial charge in [0, 0.05) is 12.5 Å². The Kier molecular flexibility index (Phi) is 5.23. The predicted molar refractivity (Wildman–Crippen MR) is 93.3 cm³/mol. The molecule has 1 aromatic carbocycles. The molecule has 0 saturated heterocycles. The number of thioether (sulfide) groups is 1. The minimum Gasteiger partial charge on any atom is -0.393 e. The van der Waals surface area contributed by atoms with E-state index in [-0.39, 0.29) is 23.2 Å². The molecule has 0 spiro atoms. The maximum atomic E-state index is 12.0. The van der Waals surface area contributed by atoms with E-state index < -0.39 is 0 Å². The Balaban J connectivity index is 1.46. The molecule has 1 aromatic heterocycles. The van der Waals surface area contributed by atoms with Crippen LogP contribution in [0.4, 0.5) is 0 Å². The second-order valence-electron chi connectivity index (χ2n) is 6.15. The van der Waals surface area contributed by atoms with Crippen molar-refractivity contribution in [2.45, 2.75) is 37.5 Å². The topological polar surface area (TPSA) is 78.0 Å². The van der Waals surface area contributed by atoms with Gasteiger partial charge in [-0.25, -0.2) is 4.98 Å². The lowest BCUT2D eigenvalue weighted by molar-refractivity contribution is -0.118. The second-order valence-corrected chi connectivity index (χ2v) is 7.48. The van der Waals surface area contributed by atoms with Crippen molar-refractivity contribution in [3.8, 4) is 0 Å². The summed E-state index contributed by atoms with van der Waals surface area (Å²) in [5, 5.41) is 12.8. The van der Waals surface area contributed by atoms with Crippen molar-refractivity contribution in [2.75, 3.05) is 12.3 Å². The van der Waals surface area contributed by atoms with Crippen molar-refractivity contribution in [1.29, 1.82) is 0 Å². The van der Waals surface area contributed by atoms with E-state index in [1.807, 2.05) is 24.3 Å². The normalized spacial score (nSPS) is 22.3. The molecule has 1 aliphatic carbocycles. The van der Waals surface area contributed by atoms with E-state index in [4.69, 9.17) is 0 Å². The number of hydrogen-bond acceptors (Lipinski definition) is 4. The molecule has 0 bridgehead atoms. The minimum atomic E-state index is -0.252. The lowest BCUT2D eigenvalue weighted by atomic mass is 10.1. The second kappa shape index (κ2) is 7.36. The Bertz CT molecular complexity index is 640. The van der Waals surface area contributed by atoms with E-state index in [2.05, 4.69) is 22.2 Å². The molecule has 1 aliphatic rings. The number of H-pyrrole nitrogens is 1. The number of nitrogens with one attached hydrogen (secondary N) is 2. The molecule has 3 unspecified atom stereocenters. The summed E-state index contributed by atoms with van der Waals surface area (Å²) < 4.78 is 0. The maximum absolute atomic E-state index is 12.0. The summed E-state index contributed by atoms with van der Waals surface area (Å²) in [6.45, 7) is 2.63. The van der Waals surface area contributed by atoms with Crippen LogP contribution in [-0.4, -0.2) is 39.4 Å². The number of aromatic amines is 1. The Morgan fingerprint density at radius 2 is 2.30 bits per heavy atom. The van der Waals surface area contributed by atoms with Crippen molar-refractivity contribution in [1.82, 2.24) is 15.3 Å². The molecule has 6 heteroatoms. The van der Waals surface area contributed by atoms with E-state index in [0.29, 0.717) is 12.3 Å². The van der Waals surface area contributed by atoms with Crippen molar-refractivity contribution in [2.24, 2.45) is 5.92 Å². The zero-order chi connectivity index (χ0) is 16.2. The fraction of sp³-hybridized carbons (Fsp3) is 0.529. The summed E-state index contributed by atoms with van der Waals surface area (Å²) in [4.78, 5) is 19.8. The number of carbonyl (C=O) groups excluding carboxylic acids is 1. The summed E-state index contributed by atoms with van der Waals surface area (Å²) in [5.74, 6) is 1.55. The first-order chi connectivity index (χ1) is 11.1. The van der Waals surface area contributed by atoms with Gasteiger partial charge in [0.25, 0.3) is 0 Å². The van der Waals surface area contributed by atoms with Crippen LogP contribution in [0, 0.1) is 5.92 Å². The molecular formula is C17H23N3O2S. The molecule has 3 rings (SSSR count). The van der Waals surface area contributed by atoms with Gasteiger partial charge in [0.2, 0.25) is 5.91 Å². The van der Waals surface area contributed by atoms with Crippen LogP contribution in [0.2, 0.25) is 0 Å². The number of carbonyl (C=O) groups is 1. The number of imidazole rings is 1. The predicted octanol–water partition coefficient (Wildman–Crippen LogP) is 2.63. The van der Waals surface area contributed by atoms with Gasteiger partial charge >= 0.3 is 0 Å². The van der Waals surface area contributed by atoms with Gasteiger partial charge in [0.1, 0.15) is 5.82 Å². The van der Waals surface area contributed by atoms with Gasteiger partial charge in [0.05, 0.1) is 28.1 Å². The number of nitrogens with zero attached hydrogens (tertiary/aromatic N) is 1. The van der Waals surface area contributed by atoms with Crippen molar-refractivity contribution >= 4 is 28.7 Å². The first kappa shape index (κ1) is 16.3. The third-order valence-corrected chi connectivity index (χ3v) is 5.59. The van der Waals surface area contributed by atoms with Gasteiger partial charge < -0.3 is 15.4 Å². The molecule has 2 aromatic rings. The van der Waals surface area contributed by atoms with Gasteiger partial charge in [-0.1, -0.05) is 18.6 Å². The quantitative estimate of drug-likeness (QED) is 0.759. The molecule has 124 valence electrons. The van der Waals surface area contributed by atoms with Gasteiger partial charge in [-0.3, -0.25) is 4.79 Å². The third-order valence-electron chi connectivity index (χ3n) is 4.44. The van der Waals surface area contributed by atoms with Crippen molar-refractivity contribution < 1.29 is 9.90 Å². The van der Waals surface area contributed by atoms with Crippen LogP contribution in [0.25, 0.3) is 11.0 Å². The largest absolute Gasteiger partial charge is 0.393 e. The molecular weight excluding hydrogens is 310 g/mol. The Hall–Kier alpha value is -1.53. The molecule has 23 heavy (non-hydrogen) atoms. The van der Waals surface area contributed by atoms with Crippen molar-refractivity contribution in [3.05, 3.63) is 30.1 Å². The number of rotatable bonds is 6. The van der Waals surface area contributed by atoms with Crippen LogP contribution in [0.5, 0.6) is 0 Å². The molecule has 0 aliphatic heterocycles. The molecule has 3 atom stereocenters. The van der Waals surface area contributed by atoms with Crippen LogP contribution >= 0.6 is 11.8 Å². The molecule has 1 amide bonds. The average Bonchev–Trinajstić information content (AvgIpc) is 3.16. The van der Waals surface area contributed by atoms with Gasteiger partial charge in [-0.15, -0.1) is 11.8 Å². The molecule has 5 nitrogen and oxygen atoms in total. The van der Waals surface area contributed by atoms with Crippen LogP contribution in [0.1, 0.15) is 37.3 Å². The number of amides is 1. The van der Waals surface area contributed by atoms with Gasteiger partial charge in [-0.05, 0) is 31.9 Å². The molecule has 1 heterocycles. The number of benzene rings is 1. The highest BCUT2D eigenvalue weighted by Gasteiger charge is 2.25. The standard InChI is InChI=1S/C17H23N3O2S/c1-11(17-19-13-6-2-3-7-14(13)20-17)23-10-16(22)18-9-12-5-4-8-15(12)21/h2-3,6-7,11-12,15,21H,4-5,8-10H2,1H3,(H,18,22)(H,19,20). The van der Waals surface area contributed by atoms with Crippen LogP contribution in [-0.2, 0) is 4.79 Å². The lowest BCUT2D eigenvalue weighted by Crippen LogP contribution is -2.33. The summed E-state index contributed by atoms with van der Waals surface area (Å²) in [5.41, 5.74) is 1.98. The molecule has 1 saturated carbocycles. The van der Waals surface area contributed by atoms with Crippen LogP contribution in [0.15, 0.2) is 24.3 Å². The van der Waals surface area contributed by atoms with E-state index in [1.54, 1.807) is 11.8 Å². The minimum absolute atomic E-state index is 0.0251. The average molecular weight is 333 g/mol. The first-order valence-corrected chi connectivity index (χ1v) is 9.19. The van der Waals surface area contributed by atoms with E-state index in [9.17, 15) is 9.90 Å². The van der Waals surface area contributed by atoms with E-state index >= 15 is 0 Å². The summed E-state index contributed by atoms with van der Waals surface area (Å²) in [6.07, 6.45) is 2.67. The summed E-state index contributed by atoms with van der Waals surface area (Å²) >= 11 is 1.57. The highest BCUT2D eigenvalue weighted by atomic mass is 32.2. The van der Waals surface area contributed by atoms with Gasteiger partial charge in [0.15, 0.2) is 0 Å². The first-order valence-electron chi connectivity index (χ1n) is 8.14. The van der Waals surface area contributed by atoms with E-state index in [0.717, 1.165) is 36.1 Å². The van der Waals surface area contributed by atoms with Gasteiger partial charge in [-0.2, -0.15) is 0 Å².